The van der Waals surface area contributed by atoms with Gasteiger partial charge in [-0.3, -0.25) is 9.59 Å². The first-order chi connectivity index (χ1) is 11.5. The highest BCUT2D eigenvalue weighted by Crippen LogP contribution is 2.16. The van der Waals surface area contributed by atoms with Gasteiger partial charge in [0.1, 0.15) is 0 Å². The Morgan fingerprint density at radius 2 is 2.17 bits per heavy atom. The third-order valence-electron chi connectivity index (χ3n) is 3.97. The maximum Gasteiger partial charge on any atom is 0.331 e. The van der Waals surface area contributed by atoms with Gasteiger partial charge in [0.05, 0.1) is 5.92 Å². The number of primary amides is 1. The molecule has 2 N–H and O–H groups in total. The summed E-state index contributed by atoms with van der Waals surface area (Å²) in [6.45, 7) is 2.49. The number of likely N-dealkylation sites (tertiary alicyclic amines) is 1. The van der Waals surface area contributed by atoms with E-state index in [2.05, 4.69) is 0 Å². The van der Waals surface area contributed by atoms with E-state index in [0.29, 0.717) is 19.5 Å². The molecule has 1 aliphatic heterocycles. The average Bonchev–Trinajstić information content (AvgIpc) is 2.58. The summed E-state index contributed by atoms with van der Waals surface area (Å²) in [4.78, 5) is 36.5. The highest BCUT2D eigenvalue weighted by atomic mass is 16.5. The first-order valence-corrected chi connectivity index (χ1v) is 7.94. The number of hydrogen-bond acceptors (Lipinski definition) is 4. The van der Waals surface area contributed by atoms with Crippen molar-refractivity contribution in [2.75, 3.05) is 19.7 Å². The van der Waals surface area contributed by atoms with Crippen LogP contribution in [0.4, 0.5) is 0 Å². The molecule has 1 heterocycles. The smallest absolute Gasteiger partial charge is 0.331 e. The summed E-state index contributed by atoms with van der Waals surface area (Å²) in [7, 11) is 0. The summed E-state index contributed by atoms with van der Waals surface area (Å²) in [6, 6.07) is 7.67. The molecular weight excluding hydrogens is 308 g/mol. The van der Waals surface area contributed by atoms with Crippen molar-refractivity contribution in [3.05, 3.63) is 41.5 Å². The molecule has 128 valence electrons. The van der Waals surface area contributed by atoms with E-state index in [9.17, 15) is 14.4 Å². The lowest BCUT2D eigenvalue weighted by Gasteiger charge is -2.30. The molecule has 2 rings (SSSR count). The van der Waals surface area contributed by atoms with Gasteiger partial charge in [0.25, 0.3) is 5.91 Å². The Morgan fingerprint density at radius 3 is 2.88 bits per heavy atom. The zero-order valence-corrected chi connectivity index (χ0v) is 13.7. The lowest BCUT2D eigenvalue weighted by atomic mass is 9.97. The molecule has 6 heteroatoms. The van der Waals surface area contributed by atoms with Crippen molar-refractivity contribution >= 4 is 23.9 Å². The van der Waals surface area contributed by atoms with E-state index >= 15 is 0 Å². The minimum atomic E-state index is -0.576. The van der Waals surface area contributed by atoms with Crippen LogP contribution >= 0.6 is 0 Å². The number of ether oxygens (including phenoxy) is 1. The Kier molecular flexibility index (Phi) is 6.12. The Hall–Kier alpha value is -2.63. The maximum atomic E-state index is 12.1. The van der Waals surface area contributed by atoms with Gasteiger partial charge in [-0.2, -0.15) is 0 Å². The van der Waals surface area contributed by atoms with Gasteiger partial charge in [-0.15, -0.1) is 0 Å². The van der Waals surface area contributed by atoms with Gasteiger partial charge in [-0.05, 0) is 31.4 Å². The Morgan fingerprint density at radius 1 is 1.38 bits per heavy atom. The van der Waals surface area contributed by atoms with Crippen LogP contribution in [0, 0.1) is 12.8 Å². The second-order valence-electron chi connectivity index (χ2n) is 5.94. The van der Waals surface area contributed by atoms with Gasteiger partial charge < -0.3 is 15.4 Å². The number of carbonyl (C=O) groups excluding carboxylic acids is 3. The van der Waals surface area contributed by atoms with E-state index in [4.69, 9.17) is 10.5 Å². The fraction of sp³-hybridized carbons (Fsp3) is 0.389. The number of rotatable bonds is 5. The van der Waals surface area contributed by atoms with Crippen molar-refractivity contribution in [2.24, 2.45) is 11.7 Å². The fourth-order valence-electron chi connectivity index (χ4n) is 2.65. The first-order valence-electron chi connectivity index (χ1n) is 7.94. The van der Waals surface area contributed by atoms with Crippen LogP contribution in [0.1, 0.15) is 24.0 Å². The zero-order chi connectivity index (χ0) is 17.5. The van der Waals surface area contributed by atoms with E-state index in [1.54, 1.807) is 6.08 Å². The predicted molar refractivity (Wildman–Crippen MR) is 89.7 cm³/mol. The third-order valence-corrected chi connectivity index (χ3v) is 3.97. The van der Waals surface area contributed by atoms with Crippen LogP contribution in [0.25, 0.3) is 6.08 Å². The van der Waals surface area contributed by atoms with Gasteiger partial charge in [0.15, 0.2) is 6.61 Å². The van der Waals surface area contributed by atoms with Crippen molar-refractivity contribution in [3.63, 3.8) is 0 Å². The molecule has 0 aromatic heterocycles. The van der Waals surface area contributed by atoms with Crippen molar-refractivity contribution in [3.8, 4) is 0 Å². The topological polar surface area (TPSA) is 89.7 Å². The summed E-state index contributed by atoms with van der Waals surface area (Å²) in [6.07, 6.45) is 4.35. The molecular formula is C18H22N2O4. The second kappa shape index (κ2) is 8.29. The molecule has 0 radical (unpaired) electrons. The number of hydrogen-bond donors (Lipinski definition) is 1. The highest BCUT2D eigenvalue weighted by Gasteiger charge is 2.27. The minimum Gasteiger partial charge on any atom is -0.452 e. The SMILES string of the molecule is Cc1cccc(/C=C/C(=O)OCC(=O)N2CCC[C@H](C(N)=O)C2)c1. The quantitative estimate of drug-likeness (QED) is 0.650. The summed E-state index contributed by atoms with van der Waals surface area (Å²) < 4.78 is 4.97. The van der Waals surface area contributed by atoms with Crippen LogP contribution in [0.3, 0.4) is 0 Å². The number of nitrogens with two attached hydrogens (primary N) is 1. The largest absolute Gasteiger partial charge is 0.452 e. The third kappa shape index (κ3) is 5.22. The molecule has 24 heavy (non-hydrogen) atoms. The van der Waals surface area contributed by atoms with Gasteiger partial charge in [-0.1, -0.05) is 29.8 Å². The van der Waals surface area contributed by atoms with E-state index in [1.807, 2.05) is 31.2 Å². The van der Waals surface area contributed by atoms with Gasteiger partial charge in [-0.25, -0.2) is 4.79 Å². The molecule has 2 amide bonds. The van der Waals surface area contributed by atoms with Crippen LogP contribution in [-0.4, -0.2) is 42.4 Å². The molecule has 0 bridgehead atoms. The van der Waals surface area contributed by atoms with Crippen molar-refractivity contribution in [1.29, 1.82) is 0 Å². The number of nitrogens with zero attached hydrogens (tertiary/aromatic N) is 1. The molecule has 0 unspecified atom stereocenters. The number of esters is 1. The van der Waals surface area contributed by atoms with Gasteiger partial charge >= 0.3 is 5.97 Å². The Balaban J connectivity index is 1.80. The lowest BCUT2D eigenvalue weighted by Crippen LogP contribution is -2.45. The van der Waals surface area contributed by atoms with Crippen LogP contribution in [0.15, 0.2) is 30.3 Å². The normalized spacial score (nSPS) is 17.7. The van der Waals surface area contributed by atoms with E-state index in [1.165, 1.54) is 11.0 Å². The minimum absolute atomic E-state index is 0.296. The monoisotopic (exact) mass is 330 g/mol. The standard InChI is InChI=1S/C18H22N2O4/c1-13-4-2-5-14(10-13)7-8-17(22)24-12-16(21)20-9-3-6-15(11-20)18(19)23/h2,4-5,7-8,10,15H,3,6,9,11-12H2,1H3,(H2,19,23)/b8-7+/t15-/m0/s1. The summed E-state index contributed by atoms with van der Waals surface area (Å²) in [5.41, 5.74) is 7.27. The molecule has 1 saturated heterocycles. The van der Waals surface area contributed by atoms with Gasteiger partial charge in [0.2, 0.25) is 5.91 Å². The Bertz CT molecular complexity index is 654. The molecule has 1 fully saturated rings. The predicted octanol–water partition coefficient (Wildman–Crippen LogP) is 1.28. The summed E-state index contributed by atoms with van der Waals surface area (Å²) in [5, 5.41) is 0. The van der Waals surface area contributed by atoms with Crippen molar-refractivity contribution < 1.29 is 19.1 Å². The van der Waals surface area contributed by atoms with E-state index < -0.39 is 11.9 Å². The molecule has 1 atom stereocenters. The average molecular weight is 330 g/mol. The molecule has 0 saturated carbocycles. The molecule has 0 aliphatic carbocycles. The van der Waals surface area contributed by atoms with Crippen LogP contribution < -0.4 is 5.73 Å². The molecule has 1 aromatic carbocycles. The first kappa shape index (κ1) is 17.7. The number of piperidine rings is 1. The van der Waals surface area contributed by atoms with Gasteiger partial charge in [0, 0.05) is 19.2 Å². The molecule has 6 nitrogen and oxygen atoms in total. The molecule has 0 spiro atoms. The lowest BCUT2D eigenvalue weighted by molar-refractivity contribution is -0.149. The number of carbonyl (C=O) groups is 3. The molecule has 1 aliphatic rings. The van der Waals surface area contributed by atoms with Crippen LogP contribution in [0.2, 0.25) is 0 Å². The van der Waals surface area contributed by atoms with E-state index in [-0.39, 0.29) is 18.4 Å². The second-order valence-corrected chi connectivity index (χ2v) is 5.94. The van der Waals surface area contributed by atoms with Crippen LogP contribution in [-0.2, 0) is 19.1 Å². The maximum absolute atomic E-state index is 12.1. The zero-order valence-electron chi connectivity index (χ0n) is 13.7. The van der Waals surface area contributed by atoms with Crippen LogP contribution in [0.5, 0.6) is 0 Å². The number of amides is 2. The fourth-order valence-corrected chi connectivity index (χ4v) is 2.65. The van der Waals surface area contributed by atoms with Crippen molar-refractivity contribution in [1.82, 2.24) is 4.90 Å². The number of benzene rings is 1. The Labute approximate surface area is 141 Å². The van der Waals surface area contributed by atoms with Crippen molar-refractivity contribution in [2.45, 2.75) is 19.8 Å². The highest BCUT2D eigenvalue weighted by molar-refractivity contribution is 5.89. The summed E-state index contributed by atoms with van der Waals surface area (Å²) in [5.74, 6) is -1.60. The molecule has 1 aromatic rings. The summed E-state index contributed by atoms with van der Waals surface area (Å²) >= 11 is 0. The number of aryl methyl sites for hydroxylation is 1. The van der Waals surface area contributed by atoms with E-state index in [0.717, 1.165) is 17.5 Å².